The van der Waals surface area contributed by atoms with E-state index in [1.165, 1.54) is 43.7 Å². The van der Waals surface area contributed by atoms with Crippen LogP contribution in [0.15, 0.2) is 59.7 Å². The van der Waals surface area contributed by atoms with Crippen molar-refractivity contribution in [3.8, 4) is 11.5 Å². The van der Waals surface area contributed by atoms with Gasteiger partial charge in [0.15, 0.2) is 11.5 Å². The smallest absolute Gasteiger partial charge is 0.345 e. The van der Waals surface area contributed by atoms with Crippen molar-refractivity contribution in [2.45, 2.75) is 6.92 Å². The average molecular weight is 535 g/mol. The van der Waals surface area contributed by atoms with Crippen molar-refractivity contribution in [3.05, 3.63) is 86.4 Å². The molecule has 8 nitrogen and oxygen atoms in total. The highest BCUT2D eigenvalue weighted by Crippen LogP contribution is 2.30. The Morgan fingerprint density at radius 1 is 0.914 bits per heavy atom. The standard InChI is InChI=1S/C24H18Cl3N3O5/c1-13-17(26)4-3-5-19(13)29-22(31)23(32)30-28-12-14-6-9-20(21(10-14)34-2)35-24(33)16-8-7-15(25)11-18(16)27/h3-12H,1-2H3,(H,29,31)(H,30,32)/b28-12-. The fourth-order valence-electron chi connectivity index (χ4n) is 2.80. The van der Waals surface area contributed by atoms with Crippen molar-refractivity contribution >= 4 is 64.5 Å². The molecule has 2 N–H and O–H groups in total. The summed E-state index contributed by atoms with van der Waals surface area (Å²) in [6, 6.07) is 13.9. The van der Waals surface area contributed by atoms with Crippen molar-refractivity contribution in [3.63, 3.8) is 0 Å². The summed E-state index contributed by atoms with van der Waals surface area (Å²) in [5.74, 6) is -2.21. The lowest BCUT2D eigenvalue weighted by Crippen LogP contribution is -2.32. The summed E-state index contributed by atoms with van der Waals surface area (Å²) in [6.45, 7) is 1.71. The highest BCUT2D eigenvalue weighted by Gasteiger charge is 2.17. The van der Waals surface area contributed by atoms with E-state index in [0.29, 0.717) is 26.9 Å². The number of rotatable bonds is 6. The van der Waals surface area contributed by atoms with Crippen LogP contribution in [-0.2, 0) is 9.59 Å². The molecule has 0 atom stereocenters. The van der Waals surface area contributed by atoms with Gasteiger partial charge in [-0.05, 0) is 66.6 Å². The number of methoxy groups -OCH3 is 1. The second kappa shape index (κ2) is 11.7. The quantitative estimate of drug-likeness (QED) is 0.147. The number of nitrogens with zero attached hydrogens (tertiary/aromatic N) is 1. The van der Waals surface area contributed by atoms with Crippen LogP contribution in [-0.4, -0.2) is 31.1 Å². The normalized spacial score (nSPS) is 10.7. The Morgan fingerprint density at radius 2 is 1.69 bits per heavy atom. The van der Waals surface area contributed by atoms with Crippen molar-refractivity contribution in [2.75, 3.05) is 12.4 Å². The van der Waals surface area contributed by atoms with Crippen LogP contribution in [0.5, 0.6) is 11.5 Å². The van der Waals surface area contributed by atoms with E-state index < -0.39 is 17.8 Å². The van der Waals surface area contributed by atoms with Gasteiger partial charge in [0.1, 0.15) is 0 Å². The second-order valence-corrected chi connectivity index (χ2v) is 8.24. The third kappa shape index (κ3) is 6.73. The van der Waals surface area contributed by atoms with E-state index in [9.17, 15) is 14.4 Å². The van der Waals surface area contributed by atoms with Crippen LogP contribution in [0.3, 0.4) is 0 Å². The number of carbonyl (C=O) groups excluding carboxylic acids is 3. The van der Waals surface area contributed by atoms with Gasteiger partial charge in [-0.2, -0.15) is 5.10 Å². The first-order valence-corrected chi connectivity index (χ1v) is 11.1. The zero-order chi connectivity index (χ0) is 25.5. The van der Waals surface area contributed by atoms with Crippen molar-refractivity contribution in [1.82, 2.24) is 5.43 Å². The molecule has 180 valence electrons. The minimum absolute atomic E-state index is 0.137. The van der Waals surface area contributed by atoms with Gasteiger partial charge in [0, 0.05) is 15.7 Å². The fourth-order valence-corrected chi connectivity index (χ4v) is 3.46. The predicted octanol–water partition coefficient (Wildman–Crippen LogP) is 5.27. The van der Waals surface area contributed by atoms with Gasteiger partial charge in [0.2, 0.25) is 0 Å². The van der Waals surface area contributed by atoms with Gasteiger partial charge in [0.05, 0.1) is 23.9 Å². The van der Waals surface area contributed by atoms with Gasteiger partial charge < -0.3 is 14.8 Å². The molecule has 0 radical (unpaired) electrons. The molecule has 11 heteroatoms. The van der Waals surface area contributed by atoms with Crippen LogP contribution >= 0.6 is 34.8 Å². The number of anilines is 1. The molecule has 0 saturated heterocycles. The van der Waals surface area contributed by atoms with Gasteiger partial charge in [-0.25, -0.2) is 10.2 Å². The SMILES string of the molecule is COc1cc(/C=N\NC(=O)C(=O)Nc2cccc(Cl)c2C)ccc1OC(=O)c1ccc(Cl)cc1Cl. The molecule has 0 saturated carbocycles. The minimum atomic E-state index is -0.974. The molecule has 35 heavy (non-hydrogen) atoms. The Bertz CT molecular complexity index is 1330. The maximum absolute atomic E-state index is 12.5. The molecule has 0 aromatic heterocycles. The number of amides is 2. The van der Waals surface area contributed by atoms with Crippen molar-refractivity contribution < 1.29 is 23.9 Å². The average Bonchev–Trinajstić information content (AvgIpc) is 2.82. The topological polar surface area (TPSA) is 106 Å². The molecular weight excluding hydrogens is 517 g/mol. The number of halogens is 3. The van der Waals surface area contributed by atoms with E-state index in [0.717, 1.165) is 0 Å². The first kappa shape index (κ1) is 26.0. The summed E-state index contributed by atoms with van der Waals surface area (Å²) >= 11 is 17.9. The molecule has 0 unspecified atom stereocenters. The number of esters is 1. The van der Waals surface area contributed by atoms with Gasteiger partial charge >= 0.3 is 17.8 Å². The van der Waals surface area contributed by atoms with Crippen LogP contribution in [0, 0.1) is 6.92 Å². The Kier molecular flexibility index (Phi) is 8.70. The molecule has 0 aliphatic carbocycles. The van der Waals surface area contributed by atoms with Crippen LogP contribution in [0.25, 0.3) is 0 Å². The third-order valence-corrected chi connectivity index (χ3v) is 5.60. The molecule has 3 rings (SSSR count). The van der Waals surface area contributed by atoms with Crippen LogP contribution in [0.4, 0.5) is 5.69 Å². The lowest BCUT2D eigenvalue weighted by molar-refractivity contribution is -0.136. The minimum Gasteiger partial charge on any atom is -0.493 e. The van der Waals surface area contributed by atoms with Crippen molar-refractivity contribution in [2.24, 2.45) is 5.10 Å². The van der Waals surface area contributed by atoms with Gasteiger partial charge in [-0.3, -0.25) is 9.59 Å². The lowest BCUT2D eigenvalue weighted by atomic mass is 10.2. The number of benzene rings is 3. The Balaban J connectivity index is 1.63. The molecule has 0 fully saturated rings. The summed E-state index contributed by atoms with van der Waals surface area (Å²) in [6.07, 6.45) is 1.29. The maximum atomic E-state index is 12.5. The number of hydrazone groups is 1. The zero-order valence-corrected chi connectivity index (χ0v) is 20.7. The summed E-state index contributed by atoms with van der Waals surface area (Å²) in [5.41, 5.74) is 3.81. The molecule has 3 aromatic carbocycles. The van der Waals surface area contributed by atoms with Crippen LogP contribution in [0.1, 0.15) is 21.5 Å². The van der Waals surface area contributed by atoms with Crippen molar-refractivity contribution in [1.29, 1.82) is 0 Å². The number of nitrogens with one attached hydrogen (secondary N) is 2. The second-order valence-electron chi connectivity index (χ2n) is 6.99. The Morgan fingerprint density at radius 3 is 2.40 bits per heavy atom. The monoisotopic (exact) mass is 533 g/mol. The van der Waals surface area contributed by atoms with Gasteiger partial charge in [-0.1, -0.05) is 40.9 Å². The molecule has 0 bridgehead atoms. The van der Waals surface area contributed by atoms with Crippen LogP contribution < -0.4 is 20.2 Å². The van der Waals surface area contributed by atoms with Gasteiger partial charge in [-0.15, -0.1) is 0 Å². The molecule has 0 heterocycles. The molecule has 0 spiro atoms. The predicted molar refractivity (Wildman–Crippen MR) is 135 cm³/mol. The van der Waals surface area contributed by atoms with E-state index in [1.807, 2.05) is 0 Å². The molecule has 3 aromatic rings. The van der Waals surface area contributed by atoms with Crippen LogP contribution in [0.2, 0.25) is 15.1 Å². The summed E-state index contributed by atoms with van der Waals surface area (Å²) in [5, 5.41) is 7.24. The summed E-state index contributed by atoms with van der Waals surface area (Å²) in [4.78, 5) is 36.6. The van der Waals surface area contributed by atoms with E-state index >= 15 is 0 Å². The first-order chi connectivity index (χ1) is 16.7. The van der Waals surface area contributed by atoms with E-state index in [4.69, 9.17) is 44.3 Å². The summed E-state index contributed by atoms with van der Waals surface area (Å²) < 4.78 is 10.6. The maximum Gasteiger partial charge on any atom is 0.345 e. The third-order valence-electron chi connectivity index (χ3n) is 4.64. The van der Waals surface area contributed by atoms with E-state index in [1.54, 1.807) is 31.2 Å². The first-order valence-electron chi connectivity index (χ1n) is 9.94. The Hall–Kier alpha value is -3.59. The number of hydrogen-bond donors (Lipinski definition) is 2. The fraction of sp³-hybridized carbons (Fsp3) is 0.0833. The number of ether oxygens (including phenoxy) is 2. The largest absolute Gasteiger partial charge is 0.493 e. The molecule has 2 amide bonds. The Labute approximate surface area is 215 Å². The van der Waals surface area contributed by atoms with E-state index in [-0.39, 0.29) is 22.1 Å². The summed E-state index contributed by atoms with van der Waals surface area (Å²) in [7, 11) is 1.40. The highest BCUT2D eigenvalue weighted by atomic mass is 35.5. The number of carbonyl (C=O) groups is 3. The number of hydrogen-bond acceptors (Lipinski definition) is 6. The molecule has 0 aliphatic rings. The lowest BCUT2D eigenvalue weighted by Gasteiger charge is -2.11. The molecule has 0 aliphatic heterocycles. The van der Waals surface area contributed by atoms with E-state index in [2.05, 4.69) is 15.8 Å². The molecular formula is C24H18Cl3N3O5. The zero-order valence-electron chi connectivity index (χ0n) is 18.4. The highest BCUT2D eigenvalue weighted by molar-refractivity contribution is 6.40. The van der Waals surface area contributed by atoms with Gasteiger partial charge in [0.25, 0.3) is 0 Å².